The molecule has 0 aromatic heterocycles. The minimum atomic E-state index is -3.98. The highest BCUT2D eigenvalue weighted by Gasteiger charge is 2.30. The van der Waals surface area contributed by atoms with Gasteiger partial charge in [-0.15, -0.1) is 0 Å². The molecule has 1 aliphatic heterocycles. The molecule has 1 saturated heterocycles. The molecule has 3 aromatic rings. The fraction of sp³-hybridized carbons (Fsp3) is 0.296. The van der Waals surface area contributed by atoms with E-state index >= 15 is 0 Å². The van der Waals surface area contributed by atoms with Crippen molar-refractivity contribution in [3.8, 4) is 5.75 Å². The lowest BCUT2D eigenvalue weighted by atomic mass is 10.1. The molecule has 0 aliphatic carbocycles. The van der Waals surface area contributed by atoms with Crippen LogP contribution in [-0.2, 0) is 14.8 Å². The third-order valence-electron chi connectivity index (χ3n) is 6.19. The molecule has 0 saturated carbocycles. The molecule has 1 amide bonds. The zero-order valence-corrected chi connectivity index (χ0v) is 22.0. The maximum Gasteiger partial charge on any atom is 0.264 e. The predicted molar refractivity (Wildman–Crippen MR) is 144 cm³/mol. The Hall–Kier alpha value is -3.23. The molecular weight excluding hydrogens is 498 g/mol. The monoisotopic (exact) mass is 527 g/mol. The summed E-state index contributed by atoms with van der Waals surface area (Å²) < 4.78 is 33.9. The predicted octanol–water partition coefficient (Wildman–Crippen LogP) is 4.59. The van der Waals surface area contributed by atoms with E-state index in [1.807, 2.05) is 38.1 Å². The lowest BCUT2D eigenvalue weighted by molar-refractivity contribution is -0.129. The summed E-state index contributed by atoms with van der Waals surface area (Å²) in [6.45, 7) is 6.38. The fourth-order valence-corrected chi connectivity index (χ4v) is 5.83. The van der Waals surface area contributed by atoms with Crippen molar-refractivity contribution in [2.75, 3.05) is 48.5 Å². The molecule has 1 aliphatic rings. The Morgan fingerprint density at radius 1 is 0.972 bits per heavy atom. The van der Waals surface area contributed by atoms with E-state index in [0.717, 1.165) is 11.3 Å². The Morgan fingerprint density at radius 3 is 2.28 bits per heavy atom. The molecule has 1 heterocycles. The summed E-state index contributed by atoms with van der Waals surface area (Å²) in [6.07, 6.45) is 0. The second-order valence-electron chi connectivity index (χ2n) is 8.55. The summed E-state index contributed by atoms with van der Waals surface area (Å²) in [5.41, 5.74) is 2.61. The van der Waals surface area contributed by atoms with Crippen LogP contribution in [0, 0.1) is 6.92 Å². The highest BCUT2D eigenvalue weighted by atomic mass is 35.5. The second-order valence-corrected chi connectivity index (χ2v) is 10.8. The highest BCUT2D eigenvalue weighted by molar-refractivity contribution is 7.92. The fourth-order valence-electron chi connectivity index (χ4n) is 4.25. The van der Waals surface area contributed by atoms with Gasteiger partial charge in [0.2, 0.25) is 5.91 Å². The second kappa shape index (κ2) is 11.2. The van der Waals surface area contributed by atoms with Crippen molar-refractivity contribution in [2.24, 2.45) is 0 Å². The van der Waals surface area contributed by atoms with E-state index in [-0.39, 0.29) is 17.3 Å². The van der Waals surface area contributed by atoms with E-state index < -0.39 is 10.0 Å². The summed E-state index contributed by atoms with van der Waals surface area (Å²) in [5, 5.41) is 0.673. The molecule has 1 fully saturated rings. The quantitative estimate of drug-likeness (QED) is 0.428. The van der Waals surface area contributed by atoms with Crippen molar-refractivity contribution in [3.63, 3.8) is 0 Å². The van der Waals surface area contributed by atoms with Crippen molar-refractivity contribution in [2.45, 2.75) is 18.7 Å². The molecular formula is C27H30ClN3O4S. The molecule has 0 bridgehead atoms. The van der Waals surface area contributed by atoms with Gasteiger partial charge in [0, 0.05) is 36.9 Å². The molecule has 0 atom stereocenters. The number of ether oxygens (including phenoxy) is 1. The number of carbonyl (C=O) groups excluding carboxylic acids is 1. The minimum absolute atomic E-state index is 0.101. The van der Waals surface area contributed by atoms with Gasteiger partial charge < -0.3 is 14.5 Å². The Labute approximate surface area is 217 Å². The molecule has 36 heavy (non-hydrogen) atoms. The van der Waals surface area contributed by atoms with Crippen molar-refractivity contribution in [3.05, 3.63) is 83.4 Å². The van der Waals surface area contributed by atoms with Gasteiger partial charge in [-0.05, 0) is 67.9 Å². The summed E-state index contributed by atoms with van der Waals surface area (Å²) in [5.74, 6) is 0.349. The number of sulfonamides is 1. The van der Waals surface area contributed by atoms with Crippen molar-refractivity contribution in [1.29, 1.82) is 0 Å². The number of hydrogen-bond donors (Lipinski definition) is 0. The van der Waals surface area contributed by atoms with Crippen molar-refractivity contribution >= 4 is 38.9 Å². The Kier molecular flexibility index (Phi) is 8.06. The number of rotatable bonds is 8. The zero-order chi connectivity index (χ0) is 25.7. The van der Waals surface area contributed by atoms with Crippen LogP contribution in [0.2, 0.25) is 5.02 Å². The lowest BCUT2D eigenvalue weighted by Crippen LogP contribution is -2.52. The maximum absolute atomic E-state index is 13.6. The van der Waals surface area contributed by atoms with E-state index in [1.165, 1.54) is 16.4 Å². The Morgan fingerprint density at radius 2 is 1.64 bits per heavy atom. The van der Waals surface area contributed by atoms with Crippen LogP contribution in [0.25, 0.3) is 0 Å². The molecule has 4 rings (SSSR count). The van der Waals surface area contributed by atoms with Crippen LogP contribution in [0.1, 0.15) is 12.5 Å². The third kappa shape index (κ3) is 5.77. The number of nitrogens with zero attached hydrogens (tertiary/aromatic N) is 3. The molecule has 0 radical (unpaired) electrons. The van der Waals surface area contributed by atoms with Gasteiger partial charge in [0.05, 0.1) is 17.2 Å². The first kappa shape index (κ1) is 25.9. The minimum Gasteiger partial charge on any atom is -0.494 e. The van der Waals surface area contributed by atoms with Gasteiger partial charge in [0.25, 0.3) is 10.0 Å². The lowest BCUT2D eigenvalue weighted by Gasteiger charge is -2.37. The average Bonchev–Trinajstić information content (AvgIpc) is 2.89. The molecule has 3 aromatic carbocycles. The summed E-state index contributed by atoms with van der Waals surface area (Å²) >= 11 is 6.19. The maximum atomic E-state index is 13.6. The Balaban J connectivity index is 1.51. The molecule has 7 nitrogen and oxygen atoms in total. The largest absolute Gasteiger partial charge is 0.494 e. The van der Waals surface area contributed by atoms with Gasteiger partial charge >= 0.3 is 0 Å². The van der Waals surface area contributed by atoms with Crippen LogP contribution in [-0.4, -0.2) is 58.6 Å². The van der Waals surface area contributed by atoms with Crippen LogP contribution < -0.4 is 13.9 Å². The van der Waals surface area contributed by atoms with Gasteiger partial charge in [-0.1, -0.05) is 35.9 Å². The van der Waals surface area contributed by atoms with Crippen LogP contribution in [0.3, 0.4) is 0 Å². The molecule has 0 unspecified atom stereocenters. The Bertz CT molecular complexity index is 1290. The number of carbonyl (C=O) groups is 1. The van der Waals surface area contributed by atoms with Crippen LogP contribution in [0.15, 0.2) is 77.7 Å². The van der Waals surface area contributed by atoms with Gasteiger partial charge in [-0.2, -0.15) is 0 Å². The zero-order valence-electron chi connectivity index (χ0n) is 20.4. The summed E-state index contributed by atoms with van der Waals surface area (Å²) in [7, 11) is -3.98. The molecule has 0 spiro atoms. The van der Waals surface area contributed by atoms with E-state index in [1.54, 1.807) is 41.3 Å². The number of aryl methyl sites for hydroxylation is 1. The van der Waals surface area contributed by atoms with E-state index in [4.69, 9.17) is 16.3 Å². The first-order valence-corrected chi connectivity index (χ1v) is 13.7. The number of amides is 1. The SMILES string of the molecule is CCOc1ccc(S(=O)(=O)N(CC(=O)N2CCN(c3cc(Cl)ccc3C)CC2)c2ccccc2)cc1. The number of halogens is 1. The van der Waals surface area contributed by atoms with E-state index in [2.05, 4.69) is 4.90 Å². The van der Waals surface area contributed by atoms with Crippen molar-refractivity contribution in [1.82, 2.24) is 4.90 Å². The molecule has 190 valence electrons. The number of anilines is 2. The van der Waals surface area contributed by atoms with Gasteiger partial charge in [-0.3, -0.25) is 9.10 Å². The number of benzene rings is 3. The average molecular weight is 528 g/mol. The van der Waals surface area contributed by atoms with Crippen LogP contribution in [0.5, 0.6) is 5.75 Å². The smallest absolute Gasteiger partial charge is 0.264 e. The standard InChI is InChI=1S/C27H30ClN3O4S/c1-3-35-24-11-13-25(14-12-24)36(33,34)31(23-7-5-4-6-8-23)20-27(32)30-17-15-29(16-18-30)26-19-22(28)10-9-21(26)2/h4-14,19H,3,15-18,20H2,1-2H3. The van der Waals surface area contributed by atoms with Gasteiger partial charge in [-0.25, -0.2) is 8.42 Å². The molecule has 0 N–H and O–H groups in total. The van der Waals surface area contributed by atoms with Crippen LogP contribution in [0.4, 0.5) is 11.4 Å². The van der Waals surface area contributed by atoms with Gasteiger partial charge in [0.1, 0.15) is 12.3 Å². The highest BCUT2D eigenvalue weighted by Crippen LogP contribution is 2.27. The van der Waals surface area contributed by atoms with Crippen molar-refractivity contribution < 1.29 is 17.9 Å². The first-order chi connectivity index (χ1) is 17.3. The third-order valence-corrected chi connectivity index (χ3v) is 8.21. The normalized spacial score (nSPS) is 14.0. The van der Waals surface area contributed by atoms with Gasteiger partial charge in [0.15, 0.2) is 0 Å². The summed E-state index contributed by atoms with van der Waals surface area (Å²) in [6, 6.07) is 20.8. The summed E-state index contributed by atoms with van der Waals surface area (Å²) in [4.78, 5) is 17.4. The number of hydrogen-bond acceptors (Lipinski definition) is 5. The number of piperazine rings is 1. The molecule has 9 heteroatoms. The topological polar surface area (TPSA) is 70.2 Å². The number of para-hydroxylation sites is 1. The van der Waals surface area contributed by atoms with Crippen LogP contribution >= 0.6 is 11.6 Å². The van der Waals surface area contributed by atoms with E-state index in [0.29, 0.717) is 49.2 Å². The van der Waals surface area contributed by atoms with E-state index in [9.17, 15) is 13.2 Å². The first-order valence-electron chi connectivity index (χ1n) is 11.9.